The molecule has 174 valence electrons. The Morgan fingerprint density at radius 2 is 1.64 bits per heavy atom. The van der Waals surface area contributed by atoms with Gasteiger partial charge in [-0.25, -0.2) is 0 Å². The molecule has 0 bridgehead atoms. The van der Waals surface area contributed by atoms with E-state index in [1.165, 1.54) is 28.1 Å². The van der Waals surface area contributed by atoms with Crippen LogP contribution in [0.25, 0.3) is 21.9 Å². The largest absolute Gasteiger partial charge is 0.496 e. The van der Waals surface area contributed by atoms with Crippen LogP contribution in [-0.2, 0) is 19.1 Å². The quantitative estimate of drug-likeness (QED) is 0.429. The number of ether oxygens (including phenoxy) is 5. The van der Waals surface area contributed by atoms with E-state index in [0.29, 0.717) is 5.75 Å². The molecule has 0 unspecified atom stereocenters. The molecule has 2 atom stereocenters. The van der Waals surface area contributed by atoms with Crippen LogP contribution in [0.15, 0.2) is 33.5 Å². The van der Waals surface area contributed by atoms with E-state index in [1.807, 2.05) is 0 Å². The zero-order valence-electron chi connectivity index (χ0n) is 19.1. The Bertz CT molecular complexity index is 1340. The molecule has 9 nitrogen and oxygen atoms in total. The zero-order valence-corrected chi connectivity index (χ0v) is 19.1. The van der Waals surface area contributed by atoms with Crippen LogP contribution >= 0.6 is 0 Å². The molecular weight excluding hydrogens is 432 g/mol. The van der Waals surface area contributed by atoms with Gasteiger partial charge in [0.1, 0.15) is 22.5 Å². The third-order valence-corrected chi connectivity index (χ3v) is 5.54. The minimum absolute atomic E-state index is 0.0882. The van der Waals surface area contributed by atoms with Crippen molar-refractivity contribution < 1.29 is 37.7 Å². The molecule has 1 aliphatic heterocycles. The second-order valence-electron chi connectivity index (χ2n) is 8.23. The molecule has 0 fully saturated rings. The summed E-state index contributed by atoms with van der Waals surface area (Å²) in [4.78, 5) is 37.5. The monoisotopic (exact) mass is 456 g/mol. The Labute approximate surface area is 189 Å². The van der Waals surface area contributed by atoms with Gasteiger partial charge in [-0.15, -0.1) is 0 Å². The van der Waals surface area contributed by atoms with Gasteiger partial charge in [0.15, 0.2) is 29.1 Å². The van der Waals surface area contributed by atoms with E-state index < -0.39 is 29.7 Å². The van der Waals surface area contributed by atoms with Gasteiger partial charge in [0.2, 0.25) is 5.43 Å². The van der Waals surface area contributed by atoms with Crippen molar-refractivity contribution in [3.05, 3.63) is 40.1 Å². The SMILES string of the molecule is COc1cccc2c(=O)c3c(OC)cc4c(c3oc12)[C@@H](OC(C)=O)[C@@H](OC(C)=O)C(C)(C)O4. The summed E-state index contributed by atoms with van der Waals surface area (Å²) in [5, 5.41) is 0.428. The predicted octanol–water partition coefficient (Wildman–Crippen LogP) is 3.67. The number of rotatable bonds is 4. The van der Waals surface area contributed by atoms with Crippen LogP contribution < -0.4 is 19.6 Å². The van der Waals surface area contributed by atoms with E-state index in [2.05, 4.69) is 0 Å². The lowest BCUT2D eigenvalue weighted by atomic mass is 9.86. The number of para-hydroxylation sites is 1. The summed E-state index contributed by atoms with van der Waals surface area (Å²) >= 11 is 0. The van der Waals surface area contributed by atoms with Crippen LogP contribution in [0.1, 0.15) is 39.4 Å². The van der Waals surface area contributed by atoms with E-state index in [4.69, 9.17) is 28.1 Å². The van der Waals surface area contributed by atoms with E-state index in [9.17, 15) is 14.4 Å². The lowest BCUT2D eigenvalue weighted by Gasteiger charge is -2.43. The predicted molar refractivity (Wildman–Crippen MR) is 118 cm³/mol. The average Bonchev–Trinajstić information content (AvgIpc) is 2.74. The van der Waals surface area contributed by atoms with Crippen LogP contribution in [0.4, 0.5) is 0 Å². The standard InChI is InChI=1S/C24H24O9/c1-11(25)30-22-18-16(33-24(3,4)23(22)31-12(2)26)10-15(29-6)17-19(27)13-8-7-9-14(28-5)20(13)32-21(17)18/h7-10,22-23H,1-6H3/t22-,23-/m1/s1. The normalized spacial score (nSPS) is 18.8. The molecule has 4 rings (SSSR count). The second kappa shape index (κ2) is 7.99. The summed E-state index contributed by atoms with van der Waals surface area (Å²) < 4.78 is 34.4. The van der Waals surface area contributed by atoms with Gasteiger partial charge in [-0.05, 0) is 26.0 Å². The van der Waals surface area contributed by atoms with E-state index in [1.54, 1.807) is 38.1 Å². The van der Waals surface area contributed by atoms with Crippen molar-refractivity contribution in [2.24, 2.45) is 0 Å². The van der Waals surface area contributed by atoms with Gasteiger partial charge in [-0.2, -0.15) is 0 Å². The summed E-state index contributed by atoms with van der Waals surface area (Å²) in [6, 6.07) is 6.50. The minimum atomic E-state index is -1.10. The van der Waals surface area contributed by atoms with Gasteiger partial charge in [-0.1, -0.05) is 6.07 Å². The average molecular weight is 456 g/mol. The van der Waals surface area contributed by atoms with Gasteiger partial charge in [0.05, 0.1) is 25.2 Å². The lowest BCUT2D eigenvalue weighted by Crippen LogP contribution is -2.52. The first-order valence-corrected chi connectivity index (χ1v) is 10.3. The Morgan fingerprint density at radius 1 is 0.970 bits per heavy atom. The van der Waals surface area contributed by atoms with Gasteiger partial charge in [0, 0.05) is 19.9 Å². The van der Waals surface area contributed by atoms with Crippen LogP contribution in [0.3, 0.4) is 0 Å². The number of benzene rings is 2. The van der Waals surface area contributed by atoms with Gasteiger partial charge in [0.25, 0.3) is 0 Å². The fourth-order valence-electron chi connectivity index (χ4n) is 4.20. The van der Waals surface area contributed by atoms with Crippen molar-refractivity contribution in [1.29, 1.82) is 0 Å². The maximum Gasteiger partial charge on any atom is 0.303 e. The van der Waals surface area contributed by atoms with Crippen molar-refractivity contribution in [3.8, 4) is 17.2 Å². The summed E-state index contributed by atoms with van der Waals surface area (Å²) in [6.07, 6.45) is -2.12. The van der Waals surface area contributed by atoms with Gasteiger partial charge >= 0.3 is 11.9 Å². The van der Waals surface area contributed by atoms with Crippen molar-refractivity contribution in [3.63, 3.8) is 0 Å². The Morgan fingerprint density at radius 3 is 2.24 bits per heavy atom. The van der Waals surface area contributed by atoms with Gasteiger partial charge < -0.3 is 28.1 Å². The zero-order chi connectivity index (χ0) is 24.1. The maximum absolute atomic E-state index is 13.5. The number of hydrogen-bond donors (Lipinski definition) is 0. The Kier molecular flexibility index (Phi) is 5.43. The van der Waals surface area contributed by atoms with Crippen molar-refractivity contribution in [2.45, 2.75) is 45.5 Å². The molecular formula is C24H24O9. The highest BCUT2D eigenvalue weighted by Gasteiger charge is 2.50. The van der Waals surface area contributed by atoms with Crippen LogP contribution in [0.5, 0.6) is 17.2 Å². The number of esters is 2. The highest BCUT2D eigenvalue weighted by Crippen LogP contribution is 2.49. The molecule has 0 spiro atoms. The smallest absolute Gasteiger partial charge is 0.303 e. The highest BCUT2D eigenvalue weighted by molar-refractivity contribution is 5.98. The lowest BCUT2D eigenvalue weighted by molar-refractivity contribution is -0.187. The van der Waals surface area contributed by atoms with E-state index in [-0.39, 0.29) is 44.4 Å². The van der Waals surface area contributed by atoms with Crippen LogP contribution in [0, 0.1) is 0 Å². The van der Waals surface area contributed by atoms with Crippen LogP contribution in [-0.4, -0.2) is 37.9 Å². The number of methoxy groups -OCH3 is 2. The molecule has 1 aliphatic rings. The van der Waals surface area contributed by atoms with Gasteiger partial charge in [-0.3, -0.25) is 14.4 Å². The van der Waals surface area contributed by atoms with E-state index >= 15 is 0 Å². The summed E-state index contributed by atoms with van der Waals surface area (Å²) in [5.74, 6) is -0.336. The van der Waals surface area contributed by atoms with Crippen molar-refractivity contribution >= 4 is 33.9 Å². The number of fused-ring (bicyclic) bond motifs is 4. The number of carbonyl (C=O) groups is 2. The first-order valence-electron chi connectivity index (χ1n) is 10.3. The molecule has 0 saturated carbocycles. The van der Waals surface area contributed by atoms with E-state index in [0.717, 1.165) is 0 Å². The van der Waals surface area contributed by atoms with Crippen LogP contribution in [0.2, 0.25) is 0 Å². The topological polar surface area (TPSA) is 111 Å². The molecule has 2 heterocycles. The first-order chi connectivity index (χ1) is 15.6. The first kappa shape index (κ1) is 22.4. The number of hydrogen-bond acceptors (Lipinski definition) is 9. The van der Waals surface area contributed by atoms with Crippen molar-refractivity contribution in [1.82, 2.24) is 0 Å². The molecule has 3 aromatic rings. The maximum atomic E-state index is 13.5. The highest BCUT2D eigenvalue weighted by atomic mass is 16.6. The summed E-state index contributed by atoms with van der Waals surface area (Å²) in [6.45, 7) is 5.90. The fraction of sp³-hybridized carbons (Fsp3) is 0.375. The molecule has 0 N–H and O–H groups in total. The molecule has 0 amide bonds. The second-order valence-corrected chi connectivity index (χ2v) is 8.23. The molecule has 2 aromatic carbocycles. The molecule has 0 radical (unpaired) electrons. The third-order valence-electron chi connectivity index (χ3n) is 5.54. The summed E-state index contributed by atoms with van der Waals surface area (Å²) in [5.41, 5.74) is -0.878. The molecule has 0 saturated heterocycles. The molecule has 1 aromatic heterocycles. The number of carbonyl (C=O) groups excluding carboxylic acids is 2. The third kappa shape index (κ3) is 3.63. The Hall–Kier alpha value is -3.75. The molecule has 9 heteroatoms. The summed E-state index contributed by atoms with van der Waals surface area (Å²) in [7, 11) is 2.89. The molecule has 0 aliphatic carbocycles. The molecule has 33 heavy (non-hydrogen) atoms. The minimum Gasteiger partial charge on any atom is -0.496 e. The Balaban J connectivity index is 2.16. The fourth-order valence-corrected chi connectivity index (χ4v) is 4.20. The van der Waals surface area contributed by atoms with Crippen molar-refractivity contribution in [2.75, 3.05) is 14.2 Å².